The third-order valence-corrected chi connectivity index (χ3v) is 4.27. The maximum Gasteiger partial charge on any atom is 0.0727 e. The highest BCUT2D eigenvalue weighted by atomic mass is 16.5. The van der Waals surface area contributed by atoms with Crippen molar-refractivity contribution >= 4 is 10.9 Å². The lowest BCUT2D eigenvalue weighted by atomic mass is 9.88. The molecule has 20 heavy (non-hydrogen) atoms. The summed E-state index contributed by atoms with van der Waals surface area (Å²) >= 11 is 0. The number of aliphatic hydroxyl groups excluding tert-OH is 1. The minimum atomic E-state index is 0.321. The molecular formula is C17H21NO2. The summed E-state index contributed by atoms with van der Waals surface area (Å²) in [7, 11) is 0. The van der Waals surface area contributed by atoms with Gasteiger partial charge in [-0.3, -0.25) is 4.98 Å². The summed E-state index contributed by atoms with van der Waals surface area (Å²) in [5.74, 6) is 0.483. The Hall–Kier alpha value is -1.45. The van der Waals surface area contributed by atoms with E-state index in [4.69, 9.17) is 9.84 Å². The average molecular weight is 271 g/mol. The Morgan fingerprint density at radius 2 is 1.90 bits per heavy atom. The molecule has 0 saturated heterocycles. The van der Waals surface area contributed by atoms with Gasteiger partial charge in [-0.1, -0.05) is 18.2 Å². The molecule has 1 saturated carbocycles. The summed E-state index contributed by atoms with van der Waals surface area (Å²) in [6.07, 6.45) is 6.48. The Balaban J connectivity index is 1.63. The van der Waals surface area contributed by atoms with Gasteiger partial charge in [-0.15, -0.1) is 0 Å². The van der Waals surface area contributed by atoms with Gasteiger partial charge in [0, 0.05) is 18.2 Å². The number of para-hydroxylation sites is 1. The van der Waals surface area contributed by atoms with Crippen LogP contribution in [0.15, 0.2) is 36.5 Å². The van der Waals surface area contributed by atoms with Gasteiger partial charge >= 0.3 is 0 Å². The summed E-state index contributed by atoms with van der Waals surface area (Å²) < 4.78 is 6.06. The number of ether oxygens (including phenoxy) is 1. The lowest BCUT2D eigenvalue weighted by molar-refractivity contribution is 0.00165. The highest BCUT2D eigenvalue weighted by Crippen LogP contribution is 2.27. The fourth-order valence-electron chi connectivity index (χ4n) is 2.97. The van der Waals surface area contributed by atoms with E-state index in [1.54, 1.807) is 0 Å². The predicted octanol–water partition coefficient (Wildman–Crippen LogP) is 3.30. The van der Waals surface area contributed by atoms with E-state index in [0.29, 0.717) is 25.2 Å². The van der Waals surface area contributed by atoms with Gasteiger partial charge in [-0.05, 0) is 49.3 Å². The van der Waals surface area contributed by atoms with E-state index < -0.39 is 0 Å². The molecule has 0 amide bonds. The van der Waals surface area contributed by atoms with E-state index in [0.717, 1.165) is 31.2 Å². The molecule has 1 N–H and O–H groups in total. The van der Waals surface area contributed by atoms with Crippen LogP contribution in [0, 0.1) is 5.92 Å². The Morgan fingerprint density at radius 3 is 2.70 bits per heavy atom. The van der Waals surface area contributed by atoms with Crippen LogP contribution >= 0.6 is 0 Å². The van der Waals surface area contributed by atoms with Gasteiger partial charge in [-0.25, -0.2) is 0 Å². The lowest BCUT2D eigenvalue weighted by Gasteiger charge is -2.27. The number of aromatic nitrogens is 1. The normalized spacial score (nSPS) is 23.1. The molecule has 0 atom stereocenters. The van der Waals surface area contributed by atoms with E-state index in [9.17, 15) is 0 Å². The molecule has 2 aromatic rings. The maximum absolute atomic E-state index is 9.16. The zero-order valence-corrected chi connectivity index (χ0v) is 11.7. The van der Waals surface area contributed by atoms with Crippen LogP contribution in [-0.2, 0) is 11.3 Å². The number of pyridine rings is 1. The quantitative estimate of drug-likeness (QED) is 0.927. The predicted molar refractivity (Wildman–Crippen MR) is 79.4 cm³/mol. The number of fused-ring (bicyclic) bond motifs is 1. The van der Waals surface area contributed by atoms with Crippen LogP contribution in [0.1, 0.15) is 31.2 Å². The highest BCUT2D eigenvalue weighted by molar-refractivity contribution is 5.81. The Bertz CT molecular complexity index is 556. The molecule has 1 aliphatic carbocycles. The molecule has 1 fully saturated rings. The number of hydrogen-bond donors (Lipinski definition) is 1. The van der Waals surface area contributed by atoms with Crippen LogP contribution in [-0.4, -0.2) is 22.8 Å². The standard InChI is InChI=1S/C17H21NO2/c19-11-13-5-7-15(8-6-13)20-12-14-9-10-18-17-4-2-1-3-16(14)17/h1-4,9-10,13,15,19H,5-8,11-12H2. The minimum Gasteiger partial charge on any atom is -0.396 e. The third kappa shape index (κ3) is 3.00. The van der Waals surface area contributed by atoms with E-state index in [1.807, 2.05) is 30.5 Å². The molecule has 3 heteroatoms. The molecule has 0 bridgehead atoms. The summed E-state index contributed by atoms with van der Waals surface area (Å²) in [5.41, 5.74) is 2.23. The Kier molecular flexibility index (Phi) is 4.28. The van der Waals surface area contributed by atoms with Gasteiger partial charge in [0.25, 0.3) is 0 Å². The first-order chi connectivity index (χ1) is 9.86. The second kappa shape index (κ2) is 6.33. The number of nitrogens with zero attached hydrogens (tertiary/aromatic N) is 1. The zero-order valence-electron chi connectivity index (χ0n) is 11.7. The smallest absolute Gasteiger partial charge is 0.0727 e. The molecule has 0 aliphatic heterocycles. The molecule has 3 nitrogen and oxygen atoms in total. The van der Waals surface area contributed by atoms with Gasteiger partial charge in [-0.2, -0.15) is 0 Å². The third-order valence-electron chi connectivity index (χ3n) is 4.27. The van der Waals surface area contributed by atoms with Crippen molar-refractivity contribution in [2.75, 3.05) is 6.61 Å². The first-order valence-corrected chi connectivity index (χ1v) is 7.42. The maximum atomic E-state index is 9.16. The SMILES string of the molecule is OCC1CCC(OCc2ccnc3ccccc23)CC1. The topological polar surface area (TPSA) is 42.4 Å². The molecule has 106 valence electrons. The van der Waals surface area contributed by atoms with Crippen LogP contribution in [0.2, 0.25) is 0 Å². The van der Waals surface area contributed by atoms with E-state index in [2.05, 4.69) is 11.1 Å². The molecule has 1 heterocycles. The van der Waals surface area contributed by atoms with Gasteiger partial charge < -0.3 is 9.84 Å². The number of aliphatic hydroxyl groups is 1. The fraction of sp³-hybridized carbons (Fsp3) is 0.471. The molecule has 3 rings (SSSR count). The highest BCUT2D eigenvalue weighted by Gasteiger charge is 2.21. The minimum absolute atomic E-state index is 0.321. The van der Waals surface area contributed by atoms with Crippen molar-refractivity contribution < 1.29 is 9.84 Å². The van der Waals surface area contributed by atoms with Crippen molar-refractivity contribution in [2.24, 2.45) is 5.92 Å². The van der Waals surface area contributed by atoms with E-state index in [1.165, 1.54) is 10.9 Å². The van der Waals surface area contributed by atoms with E-state index in [-0.39, 0.29) is 0 Å². The van der Waals surface area contributed by atoms with E-state index >= 15 is 0 Å². The summed E-state index contributed by atoms with van der Waals surface area (Å²) in [6.45, 7) is 0.971. The van der Waals surface area contributed by atoms with Crippen LogP contribution < -0.4 is 0 Å². The van der Waals surface area contributed by atoms with Gasteiger partial charge in [0.05, 0.1) is 18.2 Å². The van der Waals surface area contributed by atoms with Gasteiger partial charge in [0.1, 0.15) is 0 Å². The Morgan fingerprint density at radius 1 is 1.10 bits per heavy atom. The molecule has 1 aromatic heterocycles. The number of benzene rings is 1. The second-order valence-electron chi connectivity index (χ2n) is 5.62. The average Bonchev–Trinajstić information content (AvgIpc) is 2.53. The summed E-state index contributed by atoms with van der Waals surface area (Å²) in [6, 6.07) is 10.2. The van der Waals surface area contributed by atoms with Crippen molar-refractivity contribution in [3.8, 4) is 0 Å². The first-order valence-electron chi connectivity index (χ1n) is 7.42. The molecule has 0 unspecified atom stereocenters. The van der Waals surface area contributed by atoms with Crippen LogP contribution in [0.3, 0.4) is 0 Å². The summed E-state index contributed by atoms with van der Waals surface area (Å²) in [4.78, 5) is 4.37. The van der Waals surface area contributed by atoms with Crippen molar-refractivity contribution in [3.05, 3.63) is 42.1 Å². The summed E-state index contributed by atoms with van der Waals surface area (Å²) in [5, 5.41) is 10.3. The van der Waals surface area contributed by atoms with Gasteiger partial charge in [0.2, 0.25) is 0 Å². The van der Waals surface area contributed by atoms with Crippen molar-refractivity contribution in [1.82, 2.24) is 4.98 Å². The van der Waals surface area contributed by atoms with Crippen LogP contribution in [0.5, 0.6) is 0 Å². The molecular weight excluding hydrogens is 250 g/mol. The molecule has 1 aromatic carbocycles. The number of rotatable bonds is 4. The fourth-order valence-corrected chi connectivity index (χ4v) is 2.97. The molecule has 0 radical (unpaired) electrons. The monoisotopic (exact) mass is 271 g/mol. The van der Waals surface area contributed by atoms with Crippen molar-refractivity contribution in [2.45, 2.75) is 38.4 Å². The van der Waals surface area contributed by atoms with Crippen LogP contribution in [0.25, 0.3) is 10.9 Å². The second-order valence-corrected chi connectivity index (χ2v) is 5.62. The van der Waals surface area contributed by atoms with Gasteiger partial charge in [0.15, 0.2) is 0 Å². The number of hydrogen-bond acceptors (Lipinski definition) is 3. The zero-order chi connectivity index (χ0) is 13.8. The largest absolute Gasteiger partial charge is 0.396 e. The molecule has 0 spiro atoms. The Labute approximate surface area is 119 Å². The van der Waals surface area contributed by atoms with Crippen molar-refractivity contribution in [1.29, 1.82) is 0 Å². The van der Waals surface area contributed by atoms with Crippen LogP contribution in [0.4, 0.5) is 0 Å². The van der Waals surface area contributed by atoms with Crippen molar-refractivity contribution in [3.63, 3.8) is 0 Å². The molecule has 1 aliphatic rings. The first kappa shape index (κ1) is 13.5. The lowest BCUT2D eigenvalue weighted by Crippen LogP contribution is -2.23.